The normalized spacial score (nSPS) is 10.3. The molecule has 1 aromatic heterocycles. The van der Waals surface area contributed by atoms with Crippen molar-refractivity contribution in [3.05, 3.63) is 47.4 Å². The molecule has 0 radical (unpaired) electrons. The van der Waals surface area contributed by atoms with Crippen molar-refractivity contribution < 1.29 is 4.74 Å². The molecule has 5 nitrogen and oxygen atoms in total. The molecule has 1 heterocycles. The minimum absolute atomic E-state index is 0.327. The van der Waals surface area contributed by atoms with Crippen molar-refractivity contribution >= 4 is 5.82 Å². The lowest BCUT2D eigenvalue weighted by molar-refractivity contribution is 0.293. The van der Waals surface area contributed by atoms with Gasteiger partial charge in [-0.1, -0.05) is 25.1 Å². The minimum atomic E-state index is 0.327. The van der Waals surface area contributed by atoms with Gasteiger partial charge < -0.3 is 10.2 Å². The molecule has 0 aliphatic heterocycles. The fourth-order valence-electron chi connectivity index (χ4n) is 1.85. The predicted octanol–water partition coefficient (Wildman–Crippen LogP) is 2.21. The summed E-state index contributed by atoms with van der Waals surface area (Å²) in [5.41, 5.74) is 4.55. The van der Waals surface area contributed by atoms with Crippen molar-refractivity contribution in [2.75, 3.05) is 5.43 Å². The second kappa shape index (κ2) is 6.15. The zero-order valence-corrected chi connectivity index (χ0v) is 11.2. The van der Waals surface area contributed by atoms with Gasteiger partial charge in [-0.05, 0) is 25.0 Å². The number of nitrogen functional groups attached to an aromatic ring is 1. The molecule has 3 N–H and O–H groups in total. The standard InChI is InChI=1S/C14H18N4O/c1-3-11-6-4-5-7-12(11)19-9-14-16-10(2)8-13(17-14)18-15/h4-8H,3,9,15H2,1-2H3,(H,16,17,18). The van der Waals surface area contributed by atoms with E-state index in [4.69, 9.17) is 10.6 Å². The molecule has 0 atom stereocenters. The Labute approximate surface area is 112 Å². The minimum Gasteiger partial charge on any atom is -0.485 e. The molecule has 2 rings (SSSR count). The van der Waals surface area contributed by atoms with Crippen LogP contribution in [0, 0.1) is 6.92 Å². The van der Waals surface area contributed by atoms with Gasteiger partial charge in [0.15, 0.2) is 5.82 Å². The third-order valence-electron chi connectivity index (χ3n) is 2.76. The van der Waals surface area contributed by atoms with E-state index < -0.39 is 0 Å². The van der Waals surface area contributed by atoms with Crippen LogP contribution in [0.5, 0.6) is 5.75 Å². The summed E-state index contributed by atoms with van der Waals surface area (Å²) in [5, 5.41) is 0. The molecule has 0 spiro atoms. The summed E-state index contributed by atoms with van der Waals surface area (Å²) >= 11 is 0. The smallest absolute Gasteiger partial charge is 0.168 e. The molecule has 0 amide bonds. The number of aromatic nitrogens is 2. The van der Waals surface area contributed by atoms with Crippen LogP contribution in [0.25, 0.3) is 0 Å². The Hall–Kier alpha value is -2.14. The molecule has 0 aliphatic carbocycles. The van der Waals surface area contributed by atoms with Crippen molar-refractivity contribution in [1.29, 1.82) is 0 Å². The molecule has 0 fully saturated rings. The van der Waals surface area contributed by atoms with E-state index in [2.05, 4.69) is 28.4 Å². The van der Waals surface area contributed by atoms with E-state index in [1.165, 1.54) is 5.56 Å². The first kappa shape index (κ1) is 13.3. The van der Waals surface area contributed by atoms with Crippen molar-refractivity contribution in [3.8, 4) is 5.75 Å². The number of rotatable bonds is 5. The fraction of sp³-hybridized carbons (Fsp3) is 0.286. The number of nitrogens with two attached hydrogens (primary N) is 1. The number of anilines is 1. The van der Waals surface area contributed by atoms with Gasteiger partial charge in [0.05, 0.1) is 0 Å². The zero-order chi connectivity index (χ0) is 13.7. The Morgan fingerprint density at radius 1 is 1.26 bits per heavy atom. The summed E-state index contributed by atoms with van der Waals surface area (Å²) < 4.78 is 5.77. The van der Waals surface area contributed by atoms with Crippen LogP contribution >= 0.6 is 0 Å². The predicted molar refractivity (Wildman–Crippen MR) is 74.7 cm³/mol. The van der Waals surface area contributed by atoms with Crippen LogP contribution in [0.3, 0.4) is 0 Å². The molecular formula is C14H18N4O. The van der Waals surface area contributed by atoms with E-state index in [0.717, 1.165) is 17.9 Å². The van der Waals surface area contributed by atoms with Crippen LogP contribution in [0.1, 0.15) is 24.0 Å². The molecule has 0 saturated carbocycles. The third-order valence-corrected chi connectivity index (χ3v) is 2.76. The van der Waals surface area contributed by atoms with Crippen molar-refractivity contribution in [3.63, 3.8) is 0 Å². The van der Waals surface area contributed by atoms with E-state index in [-0.39, 0.29) is 0 Å². The van der Waals surface area contributed by atoms with Gasteiger partial charge in [-0.3, -0.25) is 0 Å². The fourth-order valence-corrected chi connectivity index (χ4v) is 1.85. The average molecular weight is 258 g/mol. The van der Waals surface area contributed by atoms with Gasteiger partial charge in [0, 0.05) is 11.8 Å². The van der Waals surface area contributed by atoms with Gasteiger partial charge in [0.25, 0.3) is 0 Å². The van der Waals surface area contributed by atoms with Crippen LogP contribution < -0.4 is 16.0 Å². The number of para-hydroxylation sites is 1. The summed E-state index contributed by atoms with van der Waals surface area (Å²) in [6.07, 6.45) is 0.931. The second-order valence-corrected chi connectivity index (χ2v) is 4.21. The monoisotopic (exact) mass is 258 g/mol. The third kappa shape index (κ3) is 3.42. The van der Waals surface area contributed by atoms with E-state index in [1.54, 1.807) is 6.07 Å². The highest BCUT2D eigenvalue weighted by atomic mass is 16.5. The molecule has 1 aromatic carbocycles. The largest absolute Gasteiger partial charge is 0.485 e. The number of hydrogen-bond acceptors (Lipinski definition) is 5. The Morgan fingerprint density at radius 2 is 2.05 bits per heavy atom. The Bertz CT molecular complexity index is 557. The number of hydrogen-bond donors (Lipinski definition) is 2. The first-order chi connectivity index (χ1) is 9.22. The quantitative estimate of drug-likeness (QED) is 0.635. The molecule has 0 unspecified atom stereocenters. The number of nitrogens with zero attached hydrogens (tertiary/aromatic N) is 2. The molecule has 19 heavy (non-hydrogen) atoms. The lowest BCUT2D eigenvalue weighted by atomic mass is 10.1. The highest BCUT2D eigenvalue weighted by Crippen LogP contribution is 2.19. The molecule has 2 aromatic rings. The van der Waals surface area contributed by atoms with E-state index in [0.29, 0.717) is 18.2 Å². The van der Waals surface area contributed by atoms with E-state index in [9.17, 15) is 0 Å². The average Bonchev–Trinajstić information content (AvgIpc) is 2.44. The van der Waals surface area contributed by atoms with E-state index >= 15 is 0 Å². The first-order valence-corrected chi connectivity index (χ1v) is 6.24. The first-order valence-electron chi connectivity index (χ1n) is 6.24. The Kier molecular flexibility index (Phi) is 4.30. The van der Waals surface area contributed by atoms with Crippen LogP contribution in [-0.4, -0.2) is 9.97 Å². The molecule has 5 heteroatoms. The highest BCUT2D eigenvalue weighted by Gasteiger charge is 2.05. The molecular weight excluding hydrogens is 240 g/mol. The molecule has 0 saturated heterocycles. The van der Waals surface area contributed by atoms with Crippen LogP contribution in [0.15, 0.2) is 30.3 Å². The number of hydrazine groups is 1. The van der Waals surface area contributed by atoms with Crippen molar-refractivity contribution in [2.24, 2.45) is 5.84 Å². The SMILES string of the molecule is CCc1ccccc1OCc1nc(C)cc(NN)n1. The maximum atomic E-state index is 5.77. The molecule has 100 valence electrons. The van der Waals surface area contributed by atoms with Gasteiger partial charge in [0.2, 0.25) is 0 Å². The lowest BCUT2D eigenvalue weighted by Crippen LogP contribution is -2.12. The zero-order valence-electron chi connectivity index (χ0n) is 11.2. The maximum absolute atomic E-state index is 5.77. The highest BCUT2D eigenvalue weighted by molar-refractivity contribution is 5.35. The number of aryl methyl sites for hydroxylation is 2. The Morgan fingerprint density at radius 3 is 2.79 bits per heavy atom. The van der Waals surface area contributed by atoms with E-state index in [1.807, 2.05) is 25.1 Å². The van der Waals surface area contributed by atoms with Crippen LogP contribution in [0.4, 0.5) is 5.82 Å². The lowest BCUT2D eigenvalue weighted by Gasteiger charge is -2.10. The summed E-state index contributed by atoms with van der Waals surface area (Å²) in [4.78, 5) is 8.57. The van der Waals surface area contributed by atoms with Crippen LogP contribution in [-0.2, 0) is 13.0 Å². The van der Waals surface area contributed by atoms with Gasteiger partial charge in [-0.2, -0.15) is 0 Å². The van der Waals surface area contributed by atoms with Gasteiger partial charge in [0.1, 0.15) is 18.2 Å². The maximum Gasteiger partial charge on any atom is 0.168 e. The molecule has 0 bridgehead atoms. The number of benzene rings is 1. The Balaban J connectivity index is 2.12. The second-order valence-electron chi connectivity index (χ2n) is 4.21. The summed E-state index contributed by atoms with van der Waals surface area (Å²) in [5.74, 6) is 7.43. The summed E-state index contributed by atoms with van der Waals surface area (Å²) in [7, 11) is 0. The van der Waals surface area contributed by atoms with Gasteiger partial charge in [-0.15, -0.1) is 0 Å². The van der Waals surface area contributed by atoms with Crippen molar-refractivity contribution in [1.82, 2.24) is 9.97 Å². The van der Waals surface area contributed by atoms with Gasteiger partial charge in [-0.25, -0.2) is 15.8 Å². The number of nitrogens with one attached hydrogen (secondary N) is 1. The number of ether oxygens (including phenoxy) is 1. The summed E-state index contributed by atoms with van der Waals surface area (Å²) in [6.45, 7) is 4.32. The summed E-state index contributed by atoms with van der Waals surface area (Å²) in [6, 6.07) is 9.75. The van der Waals surface area contributed by atoms with Crippen LogP contribution in [0.2, 0.25) is 0 Å². The molecule has 0 aliphatic rings. The van der Waals surface area contributed by atoms with Crippen molar-refractivity contribution in [2.45, 2.75) is 26.9 Å². The van der Waals surface area contributed by atoms with Gasteiger partial charge >= 0.3 is 0 Å². The topological polar surface area (TPSA) is 73.1 Å².